The van der Waals surface area contributed by atoms with Crippen LogP contribution >= 0.6 is 0 Å². The molecule has 0 aromatic carbocycles. The summed E-state index contributed by atoms with van der Waals surface area (Å²) >= 11 is 0. The minimum Gasteiger partial charge on any atom is -0.472 e. The van der Waals surface area contributed by atoms with Crippen molar-refractivity contribution in [2.45, 2.75) is 32.9 Å². The maximum Gasteiger partial charge on any atom is 0.0950 e. The molecule has 2 unspecified atom stereocenters. The first kappa shape index (κ1) is 13.3. The van der Waals surface area contributed by atoms with Crippen molar-refractivity contribution in [3.05, 3.63) is 24.2 Å². The van der Waals surface area contributed by atoms with Crippen molar-refractivity contribution >= 4 is 0 Å². The Morgan fingerprint density at radius 2 is 2.00 bits per heavy atom. The third kappa shape index (κ3) is 3.65. The number of hydrogen-bond acceptors (Lipinski definition) is 3. The summed E-state index contributed by atoms with van der Waals surface area (Å²) in [6.45, 7) is 7.68. The van der Waals surface area contributed by atoms with Crippen molar-refractivity contribution in [1.82, 2.24) is 10.2 Å². The van der Waals surface area contributed by atoms with E-state index >= 15 is 0 Å². The largest absolute Gasteiger partial charge is 0.472 e. The van der Waals surface area contributed by atoms with Crippen LogP contribution in [0.3, 0.4) is 0 Å². The zero-order valence-electron chi connectivity index (χ0n) is 11.0. The molecule has 0 aliphatic carbocycles. The van der Waals surface area contributed by atoms with Crippen LogP contribution in [0.5, 0.6) is 0 Å². The van der Waals surface area contributed by atoms with Crippen molar-refractivity contribution in [2.24, 2.45) is 5.92 Å². The van der Waals surface area contributed by atoms with E-state index in [4.69, 9.17) is 4.42 Å². The van der Waals surface area contributed by atoms with Crippen LogP contribution in [-0.4, -0.2) is 31.6 Å². The van der Waals surface area contributed by atoms with E-state index in [1.165, 1.54) is 5.56 Å². The van der Waals surface area contributed by atoms with E-state index in [9.17, 15) is 0 Å². The van der Waals surface area contributed by atoms with Crippen LogP contribution in [0.4, 0.5) is 0 Å². The van der Waals surface area contributed by atoms with E-state index in [0.29, 0.717) is 18.0 Å². The first-order valence-corrected chi connectivity index (χ1v) is 5.94. The van der Waals surface area contributed by atoms with Gasteiger partial charge < -0.3 is 14.6 Å². The molecule has 0 saturated heterocycles. The Morgan fingerprint density at radius 3 is 2.44 bits per heavy atom. The molecular weight excluding hydrogens is 200 g/mol. The molecule has 92 valence electrons. The van der Waals surface area contributed by atoms with Gasteiger partial charge in [-0.15, -0.1) is 0 Å². The van der Waals surface area contributed by atoms with Gasteiger partial charge in [0.15, 0.2) is 0 Å². The number of hydrogen-bond donors (Lipinski definition) is 1. The van der Waals surface area contributed by atoms with Crippen molar-refractivity contribution in [1.29, 1.82) is 0 Å². The smallest absolute Gasteiger partial charge is 0.0950 e. The molecule has 0 spiro atoms. The summed E-state index contributed by atoms with van der Waals surface area (Å²) < 4.78 is 5.09. The lowest BCUT2D eigenvalue weighted by atomic mass is 10.0. The summed E-state index contributed by atoms with van der Waals surface area (Å²) in [6, 6.07) is 2.92. The Bertz CT molecular complexity index is 272. The van der Waals surface area contributed by atoms with Gasteiger partial charge in [0.05, 0.1) is 12.5 Å². The van der Waals surface area contributed by atoms with Gasteiger partial charge in [-0.2, -0.15) is 0 Å². The van der Waals surface area contributed by atoms with Gasteiger partial charge in [-0.3, -0.25) is 0 Å². The molecular formula is C13H24N2O. The minimum atomic E-state index is 0.347. The van der Waals surface area contributed by atoms with Gasteiger partial charge >= 0.3 is 0 Å². The van der Waals surface area contributed by atoms with Crippen LogP contribution in [0.15, 0.2) is 23.0 Å². The van der Waals surface area contributed by atoms with Gasteiger partial charge in [0.1, 0.15) is 0 Å². The lowest BCUT2D eigenvalue weighted by molar-refractivity contribution is 0.220. The molecule has 0 aliphatic heterocycles. The average Bonchev–Trinajstić information content (AvgIpc) is 2.69. The highest BCUT2D eigenvalue weighted by Crippen LogP contribution is 2.13. The van der Waals surface area contributed by atoms with Crippen molar-refractivity contribution in [3.63, 3.8) is 0 Å². The van der Waals surface area contributed by atoms with E-state index in [2.05, 4.69) is 45.1 Å². The van der Waals surface area contributed by atoms with Gasteiger partial charge in [-0.05, 0) is 33.0 Å². The van der Waals surface area contributed by atoms with E-state index in [1.807, 2.05) is 6.07 Å². The van der Waals surface area contributed by atoms with Gasteiger partial charge in [0.2, 0.25) is 0 Å². The molecule has 0 radical (unpaired) electrons. The van der Waals surface area contributed by atoms with Gasteiger partial charge in [0, 0.05) is 24.2 Å². The summed E-state index contributed by atoms with van der Waals surface area (Å²) in [5, 5.41) is 3.55. The van der Waals surface area contributed by atoms with Crippen LogP contribution in [0.25, 0.3) is 0 Å². The molecule has 1 heterocycles. The molecule has 0 amide bonds. The average molecular weight is 224 g/mol. The molecule has 3 heteroatoms. The van der Waals surface area contributed by atoms with Crippen molar-refractivity contribution in [2.75, 3.05) is 20.6 Å². The number of likely N-dealkylation sites (N-methyl/N-ethyl adjacent to an activating group) is 1. The van der Waals surface area contributed by atoms with E-state index < -0.39 is 0 Å². The lowest BCUT2D eigenvalue weighted by Gasteiger charge is -2.29. The normalized spacial score (nSPS) is 15.7. The fourth-order valence-corrected chi connectivity index (χ4v) is 1.95. The van der Waals surface area contributed by atoms with Crippen LogP contribution in [-0.2, 0) is 0 Å². The minimum absolute atomic E-state index is 0.347. The van der Waals surface area contributed by atoms with E-state index in [0.717, 1.165) is 6.54 Å². The van der Waals surface area contributed by atoms with Crippen LogP contribution in [0, 0.1) is 5.92 Å². The summed E-state index contributed by atoms with van der Waals surface area (Å²) in [4.78, 5) is 2.28. The third-order valence-electron chi connectivity index (χ3n) is 3.11. The predicted octanol–water partition coefficient (Wildman–Crippen LogP) is 2.52. The zero-order chi connectivity index (χ0) is 12.1. The highest BCUT2D eigenvalue weighted by atomic mass is 16.3. The topological polar surface area (TPSA) is 28.4 Å². The fourth-order valence-electron chi connectivity index (χ4n) is 1.95. The number of nitrogens with zero attached hydrogens (tertiary/aromatic N) is 1. The SMILES string of the molecule is CC(NCC(C(C)C)N(C)C)c1ccoc1. The molecule has 0 saturated carbocycles. The number of rotatable bonds is 6. The molecule has 16 heavy (non-hydrogen) atoms. The lowest BCUT2D eigenvalue weighted by Crippen LogP contribution is -2.42. The highest BCUT2D eigenvalue weighted by Gasteiger charge is 2.16. The molecule has 2 atom stereocenters. The maximum absolute atomic E-state index is 5.09. The number of nitrogens with one attached hydrogen (secondary N) is 1. The highest BCUT2D eigenvalue weighted by molar-refractivity contribution is 5.10. The summed E-state index contributed by atoms with van der Waals surface area (Å²) in [6.07, 6.45) is 3.52. The van der Waals surface area contributed by atoms with Crippen molar-refractivity contribution < 1.29 is 4.42 Å². The quantitative estimate of drug-likeness (QED) is 0.805. The van der Waals surface area contributed by atoms with Gasteiger partial charge in [0.25, 0.3) is 0 Å². The van der Waals surface area contributed by atoms with Gasteiger partial charge in [-0.1, -0.05) is 13.8 Å². The molecule has 1 aromatic heterocycles. The third-order valence-corrected chi connectivity index (χ3v) is 3.11. The first-order valence-electron chi connectivity index (χ1n) is 5.94. The number of furan rings is 1. The molecule has 1 N–H and O–H groups in total. The van der Waals surface area contributed by atoms with Crippen LogP contribution in [0.1, 0.15) is 32.4 Å². The first-order chi connectivity index (χ1) is 7.52. The Kier molecular flexibility index (Phi) is 5.03. The Labute approximate surface area is 98.8 Å². The maximum atomic E-state index is 5.09. The summed E-state index contributed by atoms with van der Waals surface area (Å²) in [7, 11) is 4.27. The molecule has 1 rings (SSSR count). The molecule has 0 bridgehead atoms. The second-order valence-corrected chi connectivity index (χ2v) is 4.96. The van der Waals surface area contributed by atoms with E-state index in [-0.39, 0.29) is 0 Å². The molecule has 1 aromatic rings. The molecule has 0 aliphatic rings. The van der Waals surface area contributed by atoms with Crippen molar-refractivity contribution in [3.8, 4) is 0 Å². The second-order valence-electron chi connectivity index (χ2n) is 4.96. The van der Waals surface area contributed by atoms with Crippen LogP contribution < -0.4 is 5.32 Å². The van der Waals surface area contributed by atoms with Gasteiger partial charge in [-0.25, -0.2) is 0 Å². The van der Waals surface area contributed by atoms with E-state index in [1.54, 1.807) is 12.5 Å². The zero-order valence-corrected chi connectivity index (χ0v) is 11.0. The Hall–Kier alpha value is -0.800. The Balaban J connectivity index is 2.43. The summed E-state index contributed by atoms with van der Waals surface area (Å²) in [5.74, 6) is 0.652. The monoisotopic (exact) mass is 224 g/mol. The fraction of sp³-hybridized carbons (Fsp3) is 0.692. The van der Waals surface area contributed by atoms with Crippen LogP contribution in [0.2, 0.25) is 0 Å². The molecule has 0 fully saturated rings. The summed E-state index contributed by atoms with van der Waals surface area (Å²) in [5.41, 5.74) is 1.21. The predicted molar refractivity (Wildman–Crippen MR) is 67.4 cm³/mol. The Morgan fingerprint density at radius 1 is 1.31 bits per heavy atom. The standard InChI is InChI=1S/C13H24N2O/c1-10(2)13(15(4)5)8-14-11(3)12-6-7-16-9-12/h6-7,9-11,13-14H,8H2,1-5H3. The second kappa shape index (κ2) is 6.06. The molecule has 3 nitrogen and oxygen atoms in total.